The minimum absolute atomic E-state index is 0.179. The van der Waals surface area contributed by atoms with Crippen LogP contribution in [0.3, 0.4) is 0 Å². The predicted octanol–water partition coefficient (Wildman–Crippen LogP) is 4.19. The number of hydrogen-bond acceptors (Lipinski definition) is 4. The molecule has 0 unspecified atom stereocenters. The number of carbonyl (C=O) groups is 1. The van der Waals surface area contributed by atoms with Crippen LogP contribution in [0.4, 0.5) is 0 Å². The highest BCUT2D eigenvalue weighted by Gasteiger charge is 2.33. The summed E-state index contributed by atoms with van der Waals surface area (Å²) in [7, 11) is -1.91. The van der Waals surface area contributed by atoms with Crippen LogP contribution in [0.25, 0.3) is 0 Å². The van der Waals surface area contributed by atoms with Crippen molar-refractivity contribution in [3.63, 3.8) is 0 Å². The van der Waals surface area contributed by atoms with Crippen LogP contribution in [0, 0.1) is 0 Å². The Bertz CT molecular complexity index is 939. The van der Waals surface area contributed by atoms with Gasteiger partial charge in [0, 0.05) is 17.6 Å². The lowest BCUT2D eigenvalue weighted by Gasteiger charge is -2.32. The van der Waals surface area contributed by atoms with Crippen molar-refractivity contribution in [3.8, 4) is 5.75 Å². The van der Waals surface area contributed by atoms with E-state index in [-0.39, 0.29) is 10.8 Å². The number of methoxy groups -OCH3 is 1. The van der Waals surface area contributed by atoms with Crippen molar-refractivity contribution in [2.45, 2.75) is 23.0 Å². The number of rotatable bonds is 4. The largest absolute Gasteiger partial charge is 0.497 e. The first-order valence-corrected chi connectivity index (χ1v) is 11.2. The number of sulfone groups is 1. The van der Waals surface area contributed by atoms with Gasteiger partial charge in [0.15, 0.2) is 9.84 Å². The zero-order valence-corrected chi connectivity index (χ0v) is 17.9. The summed E-state index contributed by atoms with van der Waals surface area (Å²) in [6.45, 7) is 0.753. The van der Waals surface area contributed by atoms with Crippen LogP contribution in [0.5, 0.6) is 5.75 Å². The van der Waals surface area contributed by atoms with Crippen molar-refractivity contribution < 1.29 is 17.9 Å². The number of ether oxygens (including phenoxy) is 1. The van der Waals surface area contributed by atoms with Gasteiger partial charge in [-0.2, -0.15) is 0 Å². The molecule has 5 nitrogen and oxygen atoms in total. The molecule has 0 bridgehead atoms. The standard InChI is InChI=1S/C19H19BrClNO4S/c1-26-14-3-5-15(6-4-14)27(24,25)16-8-10-22(11-9-16)19(23)17-12-13(20)2-7-18(17)21/h2-7,12,16H,8-11H2,1H3. The van der Waals surface area contributed by atoms with Gasteiger partial charge in [-0.1, -0.05) is 27.5 Å². The van der Waals surface area contributed by atoms with E-state index in [1.165, 1.54) is 7.11 Å². The van der Waals surface area contributed by atoms with Crippen molar-refractivity contribution in [1.29, 1.82) is 0 Å². The molecule has 0 atom stereocenters. The van der Waals surface area contributed by atoms with Gasteiger partial charge < -0.3 is 9.64 Å². The number of nitrogens with zero attached hydrogens (tertiary/aromatic N) is 1. The molecule has 0 radical (unpaired) electrons. The van der Waals surface area contributed by atoms with E-state index in [2.05, 4.69) is 15.9 Å². The van der Waals surface area contributed by atoms with E-state index >= 15 is 0 Å². The Morgan fingerprint density at radius 1 is 1.15 bits per heavy atom. The molecule has 1 aliphatic rings. The van der Waals surface area contributed by atoms with Crippen molar-refractivity contribution >= 4 is 43.3 Å². The van der Waals surface area contributed by atoms with Crippen LogP contribution < -0.4 is 4.74 Å². The number of likely N-dealkylation sites (tertiary alicyclic amines) is 1. The maximum atomic E-state index is 12.9. The van der Waals surface area contributed by atoms with Crippen LogP contribution in [0.2, 0.25) is 5.02 Å². The predicted molar refractivity (Wildman–Crippen MR) is 108 cm³/mol. The monoisotopic (exact) mass is 471 g/mol. The van der Waals surface area contributed by atoms with Gasteiger partial charge in [0.25, 0.3) is 5.91 Å². The highest BCUT2D eigenvalue weighted by atomic mass is 79.9. The molecule has 1 fully saturated rings. The lowest BCUT2D eigenvalue weighted by molar-refractivity contribution is 0.0726. The SMILES string of the molecule is COc1ccc(S(=O)(=O)C2CCN(C(=O)c3cc(Br)ccc3Cl)CC2)cc1. The van der Waals surface area contributed by atoms with Gasteiger partial charge in [0.1, 0.15) is 5.75 Å². The van der Waals surface area contributed by atoms with Crippen LogP contribution in [0.1, 0.15) is 23.2 Å². The van der Waals surface area contributed by atoms with Gasteiger partial charge in [-0.25, -0.2) is 8.42 Å². The van der Waals surface area contributed by atoms with Crippen molar-refractivity contribution in [3.05, 3.63) is 57.5 Å². The van der Waals surface area contributed by atoms with Crippen LogP contribution >= 0.6 is 27.5 Å². The summed E-state index contributed by atoms with van der Waals surface area (Å²) in [5.41, 5.74) is 0.419. The normalized spacial score (nSPS) is 15.6. The Morgan fingerprint density at radius 3 is 2.37 bits per heavy atom. The number of carbonyl (C=O) groups excluding carboxylic acids is 1. The zero-order valence-electron chi connectivity index (χ0n) is 14.7. The number of benzene rings is 2. The first kappa shape index (κ1) is 20.2. The molecule has 1 saturated heterocycles. The second kappa shape index (κ2) is 8.20. The van der Waals surface area contributed by atoms with E-state index in [0.717, 1.165) is 4.47 Å². The van der Waals surface area contributed by atoms with Gasteiger partial charge in [0.2, 0.25) is 0 Å². The molecule has 0 spiro atoms. The molecule has 1 amide bonds. The van der Waals surface area contributed by atoms with E-state index < -0.39 is 15.1 Å². The van der Waals surface area contributed by atoms with Crippen molar-refractivity contribution in [2.75, 3.05) is 20.2 Å². The highest BCUT2D eigenvalue weighted by Crippen LogP contribution is 2.28. The molecule has 2 aromatic rings. The quantitative estimate of drug-likeness (QED) is 0.669. The highest BCUT2D eigenvalue weighted by molar-refractivity contribution is 9.10. The second-order valence-electron chi connectivity index (χ2n) is 6.34. The number of hydrogen-bond donors (Lipinski definition) is 0. The van der Waals surface area contributed by atoms with E-state index in [1.807, 2.05) is 0 Å². The molecule has 0 aliphatic carbocycles. The molecule has 0 aromatic heterocycles. The minimum Gasteiger partial charge on any atom is -0.497 e. The van der Waals surface area contributed by atoms with Crippen molar-refractivity contribution in [1.82, 2.24) is 4.90 Å². The fourth-order valence-corrected chi connectivity index (χ4v) is 5.45. The van der Waals surface area contributed by atoms with Crippen LogP contribution in [0.15, 0.2) is 51.8 Å². The summed E-state index contributed by atoms with van der Waals surface area (Å²) < 4.78 is 31.6. The van der Waals surface area contributed by atoms with E-state index in [1.54, 1.807) is 47.4 Å². The Labute approximate surface area is 172 Å². The zero-order chi connectivity index (χ0) is 19.6. The molecule has 144 valence electrons. The Morgan fingerprint density at radius 2 is 1.78 bits per heavy atom. The topological polar surface area (TPSA) is 63.7 Å². The minimum atomic E-state index is -3.44. The van der Waals surface area contributed by atoms with E-state index in [4.69, 9.17) is 16.3 Å². The molecule has 0 N–H and O–H groups in total. The maximum Gasteiger partial charge on any atom is 0.255 e. The molecule has 1 aliphatic heterocycles. The van der Waals surface area contributed by atoms with Gasteiger partial charge in [-0.3, -0.25) is 4.79 Å². The first-order chi connectivity index (χ1) is 12.8. The smallest absolute Gasteiger partial charge is 0.255 e. The molecule has 0 saturated carbocycles. The summed E-state index contributed by atoms with van der Waals surface area (Å²) in [4.78, 5) is 14.7. The third-order valence-electron chi connectivity index (χ3n) is 4.71. The molecule has 2 aromatic carbocycles. The lowest BCUT2D eigenvalue weighted by atomic mass is 10.1. The average Bonchev–Trinajstić information content (AvgIpc) is 2.69. The molecule has 3 rings (SSSR count). The third-order valence-corrected chi connectivity index (χ3v) is 7.82. The van der Waals surface area contributed by atoms with E-state index in [0.29, 0.717) is 42.3 Å². The third kappa shape index (κ3) is 4.31. The average molecular weight is 473 g/mol. The van der Waals surface area contributed by atoms with Gasteiger partial charge in [-0.05, 0) is 55.3 Å². The second-order valence-corrected chi connectivity index (χ2v) is 9.89. The summed E-state index contributed by atoms with van der Waals surface area (Å²) in [5, 5.41) is -0.121. The number of halogens is 2. The van der Waals surface area contributed by atoms with Crippen molar-refractivity contribution in [2.24, 2.45) is 0 Å². The Balaban J connectivity index is 1.70. The molecule has 8 heteroatoms. The molecule has 1 heterocycles. The van der Waals surface area contributed by atoms with Gasteiger partial charge in [-0.15, -0.1) is 0 Å². The van der Waals surface area contributed by atoms with Crippen LogP contribution in [-0.2, 0) is 9.84 Å². The molecular formula is C19H19BrClNO4S. The summed E-state index contributed by atoms with van der Waals surface area (Å²) in [5.74, 6) is 0.432. The fraction of sp³-hybridized carbons (Fsp3) is 0.316. The van der Waals surface area contributed by atoms with Gasteiger partial charge in [0.05, 0.1) is 27.8 Å². The Hall–Kier alpha value is -1.57. The maximum absolute atomic E-state index is 12.9. The first-order valence-electron chi connectivity index (χ1n) is 8.45. The lowest BCUT2D eigenvalue weighted by Crippen LogP contribution is -2.42. The van der Waals surface area contributed by atoms with Crippen LogP contribution in [-0.4, -0.2) is 44.7 Å². The summed E-state index contributed by atoms with van der Waals surface area (Å²) in [6.07, 6.45) is 0.789. The number of piperidine rings is 1. The molecular weight excluding hydrogens is 454 g/mol. The van der Waals surface area contributed by atoms with Gasteiger partial charge >= 0.3 is 0 Å². The Kier molecular flexibility index (Phi) is 6.13. The van der Waals surface area contributed by atoms with E-state index in [9.17, 15) is 13.2 Å². The number of amides is 1. The summed E-state index contributed by atoms with van der Waals surface area (Å²) in [6, 6.07) is 11.5. The fourth-order valence-electron chi connectivity index (χ4n) is 3.16. The molecule has 27 heavy (non-hydrogen) atoms. The summed E-state index contributed by atoms with van der Waals surface area (Å²) >= 11 is 9.48.